The molecule has 2 rings (SSSR count). The van der Waals surface area contributed by atoms with Crippen molar-refractivity contribution in [3.05, 3.63) is 12.2 Å². The minimum atomic E-state index is -0.318. The second-order valence-corrected chi connectivity index (χ2v) is 5.85. The Hall–Kier alpha value is -0.870. The van der Waals surface area contributed by atoms with E-state index in [4.69, 9.17) is 0 Å². The van der Waals surface area contributed by atoms with Gasteiger partial charge in [-0.3, -0.25) is 9.69 Å². The zero-order valence-electron chi connectivity index (χ0n) is 12.0. The Labute approximate surface area is 110 Å². The number of piperazine rings is 1. The third-order valence-electron chi connectivity index (χ3n) is 3.12. The molecule has 0 amide bonds. The number of nitrogens with one attached hydrogen (secondary N) is 1. The number of rotatable bonds is 2. The molecule has 104 valence electrons. The molecule has 1 unspecified atom stereocenters. The molecule has 1 aliphatic carbocycles. The van der Waals surface area contributed by atoms with Crippen molar-refractivity contribution in [1.29, 1.82) is 0 Å². The number of hydrogen-bond donors (Lipinski definition) is 1. The molecule has 0 saturated carbocycles. The SMILES string of the molecule is CC(C)(C)OC=O.C[C@H]1CNCCN1C1C=CC1. The van der Waals surface area contributed by atoms with E-state index in [2.05, 4.69) is 34.0 Å². The number of ether oxygens (including phenoxy) is 1. The van der Waals surface area contributed by atoms with Crippen molar-refractivity contribution < 1.29 is 9.53 Å². The van der Waals surface area contributed by atoms with Crippen LogP contribution < -0.4 is 5.32 Å². The maximum Gasteiger partial charge on any atom is 0.293 e. The van der Waals surface area contributed by atoms with Gasteiger partial charge >= 0.3 is 0 Å². The Balaban J connectivity index is 0.000000203. The van der Waals surface area contributed by atoms with Gasteiger partial charge < -0.3 is 10.1 Å². The first-order valence-electron chi connectivity index (χ1n) is 6.68. The van der Waals surface area contributed by atoms with Gasteiger partial charge in [-0.15, -0.1) is 0 Å². The number of carbonyl (C=O) groups is 1. The molecule has 0 aromatic rings. The first kappa shape index (κ1) is 15.2. The van der Waals surface area contributed by atoms with Crippen LogP contribution in [0.15, 0.2) is 12.2 Å². The van der Waals surface area contributed by atoms with Gasteiger partial charge in [0.15, 0.2) is 0 Å². The summed E-state index contributed by atoms with van der Waals surface area (Å²) in [5, 5.41) is 3.40. The topological polar surface area (TPSA) is 41.6 Å². The summed E-state index contributed by atoms with van der Waals surface area (Å²) in [5.74, 6) is 0. The summed E-state index contributed by atoms with van der Waals surface area (Å²) < 4.78 is 4.55. The quantitative estimate of drug-likeness (QED) is 0.600. The first-order chi connectivity index (χ1) is 8.44. The van der Waals surface area contributed by atoms with E-state index in [0.717, 1.165) is 25.2 Å². The van der Waals surface area contributed by atoms with Crippen molar-refractivity contribution in [2.45, 2.75) is 51.8 Å². The Kier molecular flexibility index (Phi) is 5.82. The smallest absolute Gasteiger partial charge is 0.293 e. The second-order valence-electron chi connectivity index (χ2n) is 5.85. The third-order valence-corrected chi connectivity index (χ3v) is 3.12. The molecule has 1 saturated heterocycles. The lowest BCUT2D eigenvalue weighted by atomic mass is 9.99. The van der Waals surface area contributed by atoms with Crippen LogP contribution >= 0.6 is 0 Å². The molecule has 1 aliphatic heterocycles. The fourth-order valence-electron chi connectivity index (χ4n) is 2.00. The van der Waals surface area contributed by atoms with Crippen LogP contribution in [0.5, 0.6) is 0 Å². The molecule has 0 bridgehead atoms. The van der Waals surface area contributed by atoms with Crippen molar-refractivity contribution in [1.82, 2.24) is 10.2 Å². The highest BCUT2D eigenvalue weighted by Gasteiger charge is 2.25. The lowest BCUT2D eigenvalue weighted by Crippen LogP contribution is -2.54. The van der Waals surface area contributed by atoms with Gasteiger partial charge in [0, 0.05) is 31.7 Å². The summed E-state index contributed by atoms with van der Waals surface area (Å²) in [4.78, 5) is 12.2. The highest BCUT2D eigenvalue weighted by atomic mass is 16.5. The number of carbonyl (C=O) groups excluding carboxylic acids is 1. The molecule has 2 atom stereocenters. The minimum absolute atomic E-state index is 0.318. The third kappa shape index (κ3) is 5.19. The Morgan fingerprint density at radius 3 is 2.44 bits per heavy atom. The highest BCUT2D eigenvalue weighted by molar-refractivity contribution is 5.37. The fourth-order valence-corrected chi connectivity index (χ4v) is 2.00. The standard InChI is InChI=1S/C9H16N2.C5H10O2/c1-8-7-10-5-6-11(8)9-3-2-4-9;1-5(2,3)7-4-6/h2-3,8-10H,4-7H2,1H3;4H,1-3H3/t8-,9?;/m0./s1. The van der Waals surface area contributed by atoms with Crippen molar-refractivity contribution in [2.75, 3.05) is 19.6 Å². The molecule has 1 fully saturated rings. The van der Waals surface area contributed by atoms with Crippen molar-refractivity contribution in [2.24, 2.45) is 0 Å². The fraction of sp³-hybridized carbons (Fsp3) is 0.786. The largest absolute Gasteiger partial charge is 0.462 e. The molecule has 4 nitrogen and oxygen atoms in total. The van der Waals surface area contributed by atoms with Gasteiger partial charge in [-0.1, -0.05) is 12.2 Å². The lowest BCUT2D eigenvalue weighted by Gasteiger charge is -2.40. The highest BCUT2D eigenvalue weighted by Crippen LogP contribution is 2.19. The van der Waals surface area contributed by atoms with Gasteiger partial charge in [0.05, 0.1) is 0 Å². The van der Waals surface area contributed by atoms with Crippen LogP contribution in [0, 0.1) is 0 Å². The van der Waals surface area contributed by atoms with Gasteiger partial charge in [-0.2, -0.15) is 0 Å². The Morgan fingerprint density at radius 1 is 1.44 bits per heavy atom. The van der Waals surface area contributed by atoms with Gasteiger partial charge in [0.1, 0.15) is 5.60 Å². The van der Waals surface area contributed by atoms with Crippen molar-refractivity contribution >= 4 is 6.47 Å². The molecule has 0 spiro atoms. The molecule has 18 heavy (non-hydrogen) atoms. The second kappa shape index (κ2) is 6.90. The van der Waals surface area contributed by atoms with Gasteiger partial charge in [0.2, 0.25) is 0 Å². The summed E-state index contributed by atoms with van der Waals surface area (Å²) >= 11 is 0. The van der Waals surface area contributed by atoms with Crippen LogP contribution in [-0.4, -0.2) is 48.7 Å². The molecular weight excluding hydrogens is 228 g/mol. The van der Waals surface area contributed by atoms with Gasteiger partial charge in [-0.05, 0) is 34.1 Å². The van der Waals surface area contributed by atoms with E-state index in [9.17, 15) is 4.79 Å². The molecule has 0 radical (unpaired) electrons. The van der Waals surface area contributed by atoms with E-state index in [1.807, 2.05) is 20.8 Å². The Bertz CT molecular complexity index is 284. The zero-order valence-corrected chi connectivity index (χ0v) is 12.0. The minimum Gasteiger partial charge on any atom is -0.462 e. The van der Waals surface area contributed by atoms with E-state index in [-0.39, 0.29) is 5.60 Å². The van der Waals surface area contributed by atoms with Crippen LogP contribution in [0.25, 0.3) is 0 Å². The normalized spacial score (nSPS) is 27.8. The molecular formula is C14H26N2O2. The van der Waals surface area contributed by atoms with Crippen LogP contribution in [-0.2, 0) is 9.53 Å². The van der Waals surface area contributed by atoms with Gasteiger partial charge in [0.25, 0.3) is 6.47 Å². The number of nitrogens with zero attached hydrogens (tertiary/aromatic N) is 1. The van der Waals surface area contributed by atoms with Crippen molar-refractivity contribution in [3.8, 4) is 0 Å². The maximum absolute atomic E-state index is 9.60. The van der Waals surface area contributed by atoms with Crippen LogP contribution in [0.1, 0.15) is 34.1 Å². The summed E-state index contributed by atoms with van der Waals surface area (Å²) in [5.41, 5.74) is -0.318. The monoisotopic (exact) mass is 254 g/mol. The van der Waals surface area contributed by atoms with Crippen LogP contribution in [0.4, 0.5) is 0 Å². The first-order valence-corrected chi connectivity index (χ1v) is 6.68. The average Bonchev–Trinajstić information content (AvgIpc) is 2.18. The van der Waals surface area contributed by atoms with Crippen molar-refractivity contribution in [3.63, 3.8) is 0 Å². The summed E-state index contributed by atoms with van der Waals surface area (Å²) in [6, 6.07) is 1.48. The summed E-state index contributed by atoms with van der Waals surface area (Å²) in [6.45, 7) is 11.8. The van der Waals surface area contributed by atoms with E-state index >= 15 is 0 Å². The molecule has 2 aliphatic rings. The predicted molar refractivity (Wildman–Crippen MR) is 73.5 cm³/mol. The molecule has 0 aromatic carbocycles. The van der Waals surface area contributed by atoms with E-state index < -0.39 is 0 Å². The van der Waals surface area contributed by atoms with E-state index in [0.29, 0.717) is 6.47 Å². The molecule has 0 aromatic heterocycles. The maximum atomic E-state index is 9.60. The Morgan fingerprint density at radius 2 is 2.11 bits per heavy atom. The van der Waals surface area contributed by atoms with E-state index in [1.165, 1.54) is 13.0 Å². The number of hydrogen-bond acceptors (Lipinski definition) is 4. The van der Waals surface area contributed by atoms with E-state index in [1.54, 1.807) is 0 Å². The van der Waals surface area contributed by atoms with Crippen LogP contribution in [0.2, 0.25) is 0 Å². The summed E-state index contributed by atoms with van der Waals surface area (Å²) in [6.07, 6.45) is 5.85. The van der Waals surface area contributed by atoms with Gasteiger partial charge in [-0.25, -0.2) is 0 Å². The predicted octanol–water partition coefficient (Wildman–Crippen LogP) is 1.57. The zero-order chi connectivity index (χ0) is 13.6. The molecule has 1 heterocycles. The average molecular weight is 254 g/mol. The lowest BCUT2D eigenvalue weighted by molar-refractivity contribution is -0.138. The molecule has 1 N–H and O–H groups in total. The summed E-state index contributed by atoms with van der Waals surface area (Å²) in [7, 11) is 0. The molecule has 4 heteroatoms. The van der Waals surface area contributed by atoms with Crippen LogP contribution in [0.3, 0.4) is 0 Å².